The first kappa shape index (κ1) is 18.9. The lowest BCUT2D eigenvalue weighted by molar-refractivity contribution is -0.141. The second-order valence-electron chi connectivity index (χ2n) is 5.49. The van der Waals surface area contributed by atoms with Crippen LogP contribution in [0.15, 0.2) is 30.3 Å². The van der Waals surface area contributed by atoms with E-state index in [2.05, 4.69) is 4.74 Å². The van der Waals surface area contributed by atoms with E-state index in [9.17, 15) is 22.8 Å². The fourth-order valence-corrected chi connectivity index (χ4v) is 2.23. The van der Waals surface area contributed by atoms with Crippen molar-refractivity contribution < 1.29 is 32.2 Å². The third kappa shape index (κ3) is 6.52. The van der Waals surface area contributed by atoms with Crippen molar-refractivity contribution in [3.63, 3.8) is 0 Å². The number of alkyl halides is 3. The Balaban J connectivity index is 1.68. The van der Waals surface area contributed by atoms with Gasteiger partial charge in [-0.1, -0.05) is 30.3 Å². The summed E-state index contributed by atoms with van der Waals surface area (Å²) in [7, 11) is 0. The van der Waals surface area contributed by atoms with Gasteiger partial charge in [-0.05, 0) is 5.56 Å². The molecule has 0 spiro atoms. The summed E-state index contributed by atoms with van der Waals surface area (Å²) in [6, 6.07) is 9.21. The zero-order chi connectivity index (χ0) is 18.3. The normalized spacial score (nSPS) is 15.0. The number of amides is 2. The molecule has 1 fully saturated rings. The van der Waals surface area contributed by atoms with Crippen molar-refractivity contribution in [3.05, 3.63) is 35.9 Å². The van der Waals surface area contributed by atoms with Gasteiger partial charge in [-0.25, -0.2) is 9.59 Å². The van der Waals surface area contributed by atoms with Crippen LogP contribution < -0.4 is 0 Å². The van der Waals surface area contributed by atoms with E-state index >= 15 is 0 Å². The van der Waals surface area contributed by atoms with Gasteiger partial charge in [0, 0.05) is 26.2 Å². The van der Waals surface area contributed by atoms with Gasteiger partial charge in [0.15, 0.2) is 0 Å². The molecule has 0 bridgehead atoms. The Morgan fingerprint density at radius 2 is 1.44 bits per heavy atom. The molecule has 1 aliphatic rings. The quantitative estimate of drug-likeness (QED) is 0.828. The highest BCUT2D eigenvalue weighted by Crippen LogP contribution is 2.19. The molecular formula is C16H19F3N2O4. The van der Waals surface area contributed by atoms with E-state index < -0.39 is 31.4 Å². The maximum atomic E-state index is 12.0. The maximum absolute atomic E-state index is 12.0. The van der Waals surface area contributed by atoms with Gasteiger partial charge in [0.2, 0.25) is 0 Å². The van der Waals surface area contributed by atoms with Crippen LogP contribution in [0.5, 0.6) is 0 Å². The highest BCUT2D eigenvalue weighted by atomic mass is 19.4. The van der Waals surface area contributed by atoms with Gasteiger partial charge in [-0.3, -0.25) is 0 Å². The molecule has 6 nitrogen and oxygen atoms in total. The fraction of sp³-hybridized carbons (Fsp3) is 0.500. The van der Waals surface area contributed by atoms with Crippen molar-refractivity contribution in [1.29, 1.82) is 0 Å². The molecule has 1 heterocycles. The summed E-state index contributed by atoms with van der Waals surface area (Å²) in [5.74, 6) is 0. The van der Waals surface area contributed by atoms with Crippen LogP contribution in [0.3, 0.4) is 0 Å². The smallest absolute Gasteiger partial charge is 0.410 e. The lowest BCUT2D eigenvalue weighted by Gasteiger charge is -2.33. The molecule has 0 aliphatic carbocycles. The van der Waals surface area contributed by atoms with Crippen molar-refractivity contribution in [2.45, 2.75) is 19.2 Å². The molecule has 0 saturated carbocycles. The molecule has 25 heavy (non-hydrogen) atoms. The Morgan fingerprint density at radius 1 is 0.920 bits per heavy atom. The molecule has 1 aromatic rings. The number of piperazine rings is 1. The molecule has 2 amide bonds. The molecule has 0 atom stereocenters. The highest BCUT2D eigenvalue weighted by Gasteiger charge is 2.29. The highest BCUT2D eigenvalue weighted by molar-refractivity contribution is 5.70. The van der Waals surface area contributed by atoms with Crippen LogP contribution in [0, 0.1) is 0 Å². The van der Waals surface area contributed by atoms with E-state index in [0.717, 1.165) is 5.56 Å². The molecule has 138 valence electrons. The number of ether oxygens (including phenoxy) is 2. The Bertz CT molecular complexity index is 572. The van der Waals surface area contributed by atoms with Crippen molar-refractivity contribution in [3.8, 4) is 0 Å². The van der Waals surface area contributed by atoms with E-state index in [0.29, 0.717) is 0 Å². The van der Waals surface area contributed by atoms with Crippen molar-refractivity contribution in [1.82, 2.24) is 9.80 Å². The second-order valence-corrected chi connectivity index (χ2v) is 5.49. The average Bonchev–Trinajstić information content (AvgIpc) is 2.59. The second kappa shape index (κ2) is 8.59. The van der Waals surface area contributed by atoms with Crippen LogP contribution in [-0.4, -0.2) is 60.9 Å². The van der Waals surface area contributed by atoms with Crippen LogP contribution in [0.2, 0.25) is 0 Å². The number of carbonyl (C=O) groups excluding carboxylic acids is 2. The van der Waals surface area contributed by atoms with Crippen molar-refractivity contribution in [2.24, 2.45) is 0 Å². The van der Waals surface area contributed by atoms with E-state index in [1.54, 1.807) is 0 Å². The molecule has 0 aromatic heterocycles. The largest absolute Gasteiger partial charge is 0.449 e. The molecule has 1 saturated heterocycles. The third-order valence-electron chi connectivity index (χ3n) is 3.61. The number of rotatable bonds is 4. The fourth-order valence-electron chi connectivity index (χ4n) is 2.23. The molecule has 0 N–H and O–H groups in total. The van der Waals surface area contributed by atoms with Gasteiger partial charge in [0.25, 0.3) is 0 Å². The lowest BCUT2D eigenvalue weighted by atomic mass is 10.2. The minimum Gasteiger partial charge on any atom is -0.449 e. The summed E-state index contributed by atoms with van der Waals surface area (Å²) in [6.45, 7) is 0.293. The monoisotopic (exact) mass is 360 g/mol. The number of hydrogen-bond acceptors (Lipinski definition) is 4. The summed E-state index contributed by atoms with van der Waals surface area (Å²) in [4.78, 5) is 26.4. The van der Waals surface area contributed by atoms with Gasteiger partial charge in [0.05, 0.1) is 6.42 Å². The standard InChI is InChI=1S/C16H19F3N2O4/c17-16(18,19)6-11-24-14(22)20-7-9-21(10-8-20)15(23)25-12-13-4-2-1-3-5-13/h1-5H,6-12H2. The first-order valence-electron chi connectivity index (χ1n) is 7.79. The molecule has 0 unspecified atom stereocenters. The van der Waals surface area contributed by atoms with E-state index in [1.807, 2.05) is 30.3 Å². The van der Waals surface area contributed by atoms with Crippen LogP contribution in [0.1, 0.15) is 12.0 Å². The van der Waals surface area contributed by atoms with Gasteiger partial charge >= 0.3 is 18.4 Å². The Kier molecular flexibility index (Phi) is 6.49. The molecule has 2 rings (SSSR count). The van der Waals surface area contributed by atoms with Crippen molar-refractivity contribution in [2.75, 3.05) is 32.8 Å². The molecular weight excluding hydrogens is 341 g/mol. The summed E-state index contributed by atoms with van der Waals surface area (Å²) in [6.07, 6.45) is -6.83. The molecule has 1 aliphatic heterocycles. The summed E-state index contributed by atoms with van der Waals surface area (Å²) >= 11 is 0. The summed E-state index contributed by atoms with van der Waals surface area (Å²) < 4.78 is 45.8. The van der Waals surface area contributed by atoms with Crippen LogP contribution in [-0.2, 0) is 16.1 Å². The van der Waals surface area contributed by atoms with Gasteiger partial charge in [-0.2, -0.15) is 13.2 Å². The zero-order valence-electron chi connectivity index (χ0n) is 13.5. The number of carbonyl (C=O) groups is 2. The SMILES string of the molecule is O=C(OCCC(F)(F)F)N1CCN(C(=O)OCc2ccccc2)CC1. The molecule has 0 radical (unpaired) electrons. The topological polar surface area (TPSA) is 59.1 Å². The molecule has 1 aromatic carbocycles. The van der Waals surface area contributed by atoms with E-state index in [4.69, 9.17) is 4.74 Å². The first-order chi connectivity index (χ1) is 11.8. The maximum Gasteiger partial charge on any atom is 0.410 e. The lowest BCUT2D eigenvalue weighted by Crippen LogP contribution is -2.50. The number of hydrogen-bond donors (Lipinski definition) is 0. The van der Waals surface area contributed by atoms with Gasteiger partial charge in [-0.15, -0.1) is 0 Å². The summed E-state index contributed by atoms with van der Waals surface area (Å²) in [5, 5.41) is 0. The van der Waals surface area contributed by atoms with Crippen LogP contribution in [0.4, 0.5) is 22.8 Å². The first-order valence-corrected chi connectivity index (χ1v) is 7.79. The Morgan fingerprint density at radius 3 is 1.96 bits per heavy atom. The van der Waals surface area contributed by atoms with Crippen LogP contribution >= 0.6 is 0 Å². The Hall–Kier alpha value is -2.45. The zero-order valence-corrected chi connectivity index (χ0v) is 13.5. The predicted molar refractivity (Wildman–Crippen MR) is 81.8 cm³/mol. The number of nitrogens with zero attached hydrogens (tertiary/aromatic N) is 2. The number of benzene rings is 1. The third-order valence-corrected chi connectivity index (χ3v) is 3.61. The summed E-state index contributed by atoms with van der Waals surface area (Å²) in [5.41, 5.74) is 0.864. The van der Waals surface area contributed by atoms with Gasteiger partial charge < -0.3 is 19.3 Å². The molecule has 9 heteroatoms. The van der Waals surface area contributed by atoms with E-state index in [1.165, 1.54) is 9.80 Å². The van der Waals surface area contributed by atoms with Crippen LogP contribution in [0.25, 0.3) is 0 Å². The Labute approximate surface area is 143 Å². The van der Waals surface area contributed by atoms with E-state index in [-0.39, 0.29) is 32.8 Å². The predicted octanol–water partition coefficient (Wildman–Crippen LogP) is 3.03. The van der Waals surface area contributed by atoms with Gasteiger partial charge in [0.1, 0.15) is 13.2 Å². The minimum atomic E-state index is -4.36. The minimum absolute atomic E-state index is 0.152. The number of halogens is 3. The average molecular weight is 360 g/mol. The van der Waals surface area contributed by atoms with Crippen molar-refractivity contribution >= 4 is 12.2 Å².